The van der Waals surface area contributed by atoms with Crippen molar-refractivity contribution in [1.29, 1.82) is 0 Å². The van der Waals surface area contributed by atoms with E-state index in [0.29, 0.717) is 25.1 Å². The fourth-order valence-corrected chi connectivity index (χ4v) is 1.97. The molecule has 5 nitrogen and oxygen atoms in total. The van der Waals surface area contributed by atoms with Gasteiger partial charge in [0.15, 0.2) is 0 Å². The van der Waals surface area contributed by atoms with Gasteiger partial charge in [-0.2, -0.15) is 0 Å². The van der Waals surface area contributed by atoms with E-state index < -0.39 is 12.0 Å². The van der Waals surface area contributed by atoms with Crippen LogP contribution in [0.1, 0.15) is 12.8 Å². The SMILES string of the molecule is O=C([O-])[C@H]1CCCN1C(=O)Nc1ccccc1. The van der Waals surface area contributed by atoms with Gasteiger partial charge in [-0.25, -0.2) is 4.79 Å². The molecule has 0 aliphatic carbocycles. The number of carbonyl (C=O) groups is 2. The first-order valence-corrected chi connectivity index (χ1v) is 5.52. The lowest BCUT2D eigenvalue weighted by atomic mass is 10.2. The Morgan fingerprint density at radius 2 is 2.00 bits per heavy atom. The number of urea groups is 1. The molecule has 5 heteroatoms. The predicted octanol–water partition coefficient (Wildman–Crippen LogP) is 0.433. The molecule has 1 saturated heterocycles. The van der Waals surface area contributed by atoms with E-state index in [-0.39, 0.29) is 6.03 Å². The van der Waals surface area contributed by atoms with Crippen molar-refractivity contribution in [3.8, 4) is 0 Å². The molecule has 0 aromatic heterocycles. The van der Waals surface area contributed by atoms with E-state index in [9.17, 15) is 14.7 Å². The van der Waals surface area contributed by atoms with E-state index >= 15 is 0 Å². The standard InChI is InChI=1S/C12H14N2O3/c15-11(16)10-7-4-8-14(10)12(17)13-9-5-2-1-3-6-9/h1-3,5-6,10H,4,7-8H2,(H,13,17)(H,15,16)/p-1/t10-/m1/s1. The zero-order valence-electron chi connectivity index (χ0n) is 9.26. The van der Waals surface area contributed by atoms with Gasteiger partial charge in [-0.15, -0.1) is 0 Å². The van der Waals surface area contributed by atoms with Gasteiger partial charge in [0.2, 0.25) is 0 Å². The van der Waals surface area contributed by atoms with Gasteiger partial charge >= 0.3 is 6.03 Å². The van der Waals surface area contributed by atoms with E-state index in [1.165, 1.54) is 4.90 Å². The number of aliphatic carboxylic acids is 1. The van der Waals surface area contributed by atoms with Crippen LogP contribution in [-0.2, 0) is 4.79 Å². The van der Waals surface area contributed by atoms with Gasteiger partial charge in [0.05, 0.1) is 12.0 Å². The summed E-state index contributed by atoms with van der Waals surface area (Å²) in [5.74, 6) is -1.19. The first kappa shape index (κ1) is 11.4. The van der Waals surface area contributed by atoms with Crippen LogP contribution in [0.15, 0.2) is 30.3 Å². The Bertz CT molecular complexity index is 419. The lowest BCUT2D eigenvalue weighted by molar-refractivity contribution is -0.310. The highest BCUT2D eigenvalue weighted by molar-refractivity contribution is 5.92. The van der Waals surface area contributed by atoms with Crippen molar-refractivity contribution in [2.75, 3.05) is 11.9 Å². The summed E-state index contributed by atoms with van der Waals surface area (Å²) in [6.07, 6.45) is 1.16. The van der Waals surface area contributed by atoms with Gasteiger partial charge in [0.25, 0.3) is 0 Å². The number of nitrogens with zero attached hydrogens (tertiary/aromatic N) is 1. The molecule has 1 aromatic rings. The van der Waals surface area contributed by atoms with E-state index in [2.05, 4.69) is 5.32 Å². The molecule has 1 aromatic carbocycles. The van der Waals surface area contributed by atoms with Gasteiger partial charge < -0.3 is 20.1 Å². The number of anilines is 1. The van der Waals surface area contributed by atoms with Crippen LogP contribution in [0.4, 0.5) is 10.5 Å². The summed E-state index contributed by atoms with van der Waals surface area (Å²) in [6.45, 7) is 0.456. The Balaban J connectivity index is 2.03. The summed E-state index contributed by atoms with van der Waals surface area (Å²) in [6, 6.07) is 7.76. The van der Waals surface area contributed by atoms with E-state index in [4.69, 9.17) is 0 Å². The Labute approximate surface area is 99.0 Å². The van der Waals surface area contributed by atoms with Crippen LogP contribution in [0.5, 0.6) is 0 Å². The van der Waals surface area contributed by atoms with Crippen LogP contribution in [0.2, 0.25) is 0 Å². The van der Waals surface area contributed by atoms with Crippen LogP contribution >= 0.6 is 0 Å². The van der Waals surface area contributed by atoms with Gasteiger partial charge in [-0.05, 0) is 25.0 Å². The summed E-state index contributed by atoms with van der Waals surface area (Å²) in [5.41, 5.74) is 0.654. The number of benzene rings is 1. The lowest BCUT2D eigenvalue weighted by Gasteiger charge is -2.25. The lowest BCUT2D eigenvalue weighted by Crippen LogP contribution is -2.48. The number of para-hydroxylation sites is 1. The number of carboxylic acids is 1. The summed E-state index contributed by atoms with van der Waals surface area (Å²) in [7, 11) is 0. The highest BCUT2D eigenvalue weighted by Crippen LogP contribution is 2.18. The van der Waals surface area contributed by atoms with Crippen LogP contribution in [0, 0.1) is 0 Å². The fraction of sp³-hybridized carbons (Fsp3) is 0.333. The maximum absolute atomic E-state index is 11.9. The van der Waals surface area contributed by atoms with Crippen molar-refractivity contribution in [2.45, 2.75) is 18.9 Å². The van der Waals surface area contributed by atoms with Crippen molar-refractivity contribution < 1.29 is 14.7 Å². The van der Waals surface area contributed by atoms with Crippen molar-refractivity contribution in [2.24, 2.45) is 0 Å². The topological polar surface area (TPSA) is 72.5 Å². The molecular weight excluding hydrogens is 220 g/mol. The van der Waals surface area contributed by atoms with Crippen molar-refractivity contribution in [3.63, 3.8) is 0 Å². The minimum Gasteiger partial charge on any atom is -0.548 e. The summed E-state index contributed by atoms with van der Waals surface area (Å²) in [4.78, 5) is 24.0. The normalized spacial score (nSPS) is 19.1. The third-order valence-corrected chi connectivity index (χ3v) is 2.81. The van der Waals surface area contributed by atoms with Crippen LogP contribution in [0.25, 0.3) is 0 Å². The average molecular weight is 233 g/mol. The number of hydrogen-bond acceptors (Lipinski definition) is 3. The zero-order chi connectivity index (χ0) is 12.3. The second-order valence-electron chi connectivity index (χ2n) is 3.97. The number of carbonyl (C=O) groups excluding carboxylic acids is 2. The van der Waals surface area contributed by atoms with Gasteiger partial charge in [0, 0.05) is 12.2 Å². The molecule has 0 radical (unpaired) electrons. The first-order chi connectivity index (χ1) is 8.18. The molecule has 1 fully saturated rings. The van der Waals surface area contributed by atoms with Crippen molar-refractivity contribution in [1.82, 2.24) is 4.90 Å². The quantitative estimate of drug-likeness (QED) is 0.805. The molecule has 17 heavy (non-hydrogen) atoms. The second kappa shape index (κ2) is 4.86. The zero-order valence-corrected chi connectivity index (χ0v) is 9.26. The number of carboxylic acid groups (broad SMARTS) is 1. The second-order valence-corrected chi connectivity index (χ2v) is 3.97. The highest BCUT2D eigenvalue weighted by atomic mass is 16.4. The summed E-state index contributed by atoms with van der Waals surface area (Å²) in [5, 5.41) is 13.5. The van der Waals surface area contributed by atoms with Crippen LogP contribution in [0.3, 0.4) is 0 Å². The number of hydrogen-bond donors (Lipinski definition) is 1. The number of nitrogens with one attached hydrogen (secondary N) is 1. The molecule has 1 atom stereocenters. The minimum atomic E-state index is -1.19. The average Bonchev–Trinajstić information content (AvgIpc) is 2.79. The molecule has 1 heterocycles. The van der Waals surface area contributed by atoms with Crippen LogP contribution in [-0.4, -0.2) is 29.5 Å². The molecule has 0 unspecified atom stereocenters. The maximum atomic E-state index is 11.9. The number of rotatable bonds is 2. The molecule has 0 bridgehead atoms. The third kappa shape index (κ3) is 2.55. The molecule has 1 aliphatic heterocycles. The van der Waals surface area contributed by atoms with E-state index in [1.54, 1.807) is 24.3 Å². The monoisotopic (exact) mass is 233 g/mol. The number of amides is 2. The van der Waals surface area contributed by atoms with Gasteiger partial charge in [-0.3, -0.25) is 0 Å². The minimum absolute atomic E-state index is 0.386. The van der Waals surface area contributed by atoms with Gasteiger partial charge in [0.1, 0.15) is 0 Å². The van der Waals surface area contributed by atoms with Crippen molar-refractivity contribution >= 4 is 17.7 Å². The summed E-state index contributed by atoms with van der Waals surface area (Å²) < 4.78 is 0. The first-order valence-electron chi connectivity index (χ1n) is 5.52. The summed E-state index contributed by atoms with van der Waals surface area (Å²) >= 11 is 0. The molecule has 90 valence electrons. The predicted molar refractivity (Wildman–Crippen MR) is 60.2 cm³/mol. The highest BCUT2D eigenvalue weighted by Gasteiger charge is 2.29. The van der Waals surface area contributed by atoms with E-state index in [1.807, 2.05) is 6.07 Å². The third-order valence-electron chi connectivity index (χ3n) is 2.81. The van der Waals surface area contributed by atoms with Crippen LogP contribution < -0.4 is 10.4 Å². The Morgan fingerprint density at radius 3 is 2.65 bits per heavy atom. The van der Waals surface area contributed by atoms with Crippen molar-refractivity contribution in [3.05, 3.63) is 30.3 Å². The molecule has 1 N–H and O–H groups in total. The Hall–Kier alpha value is -2.04. The van der Waals surface area contributed by atoms with Gasteiger partial charge in [-0.1, -0.05) is 18.2 Å². The Morgan fingerprint density at radius 1 is 1.29 bits per heavy atom. The maximum Gasteiger partial charge on any atom is 0.322 e. The molecule has 2 amide bonds. The smallest absolute Gasteiger partial charge is 0.322 e. The van der Waals surface area contributed by atoms with E-state index in [0.717, 1.165) is 0 Å². The molecule has 2 rings (SSSR count). The molecule has 0 saturated carbocycles. The molecular formula is C12H13N2O3-. The molecule has 1 aliphatic rings. The number of likely N-dealkylation sites (tertiary alicyclic amines) is 1. The molecule has 0 spiro atoms. The largest absolute Gasteiger partial charge is 0.548 e. The fourth-order valence-electron chi connectivity index (χ4n) is 1.97. The Kier molecular flexibility index (Phi) is 3.27.